The van der Waals surface area contributed by atoms with Crippen LogP contribution >= 0.6 is 0 Å². The average Bonchev–Trinajstić information content (AvgIpc) is 2.39. The highest BCUT2D eigenvalue weighted by Crippen LogP contribution is 2.16. The SMILES string of the molecule is Cc1ccc(S(=O)(=O)NC2CCCNC2)cc1C(N)=O. The van der Waals surface area contributed by atoms with Crippen LogP contribution in [0.25, 0.3) is 0 Å². The van der Waals surface area contributed by atoms with Crippen LogP contribution in [0.3, 0.4) is 0 Å². The number of rotatable bonds is 4. The number of benzene rings is 1. The quantitative estimate of drug-likeness (QED) is 0.735. The lowest BCUT2D eigenvalue weighted by Crippen LogP contribution is -2.45. The number of amides is 1. The summed E-state index contributed by atoms with van der Waals surface area (Å²) in [4.78, 5) is 11.4. The molecule has 1 aromatic carbocycles. The van der Waals surface area contributed by atoms with Gasteiger partial charge in [-0.1, -0.05) is 6.07 Å². The minimum absolute atomic E-state index is 0.0717. The van der Waals surface area contributed by atoms with E-state index in [0.29, 0.717) is 12.1 Å². The molecule has 0 bridgehead atoms. The van der Waals surface area contributed by atoms with E-state index in [-0.39, 0.29) is 16.5 Å². The Morgan fingerprint density at radius 1 is 1.45 bits per heavy atom. The van der Waals surface area contributed by atoms with Gasteiger partial charge in [0, 0.05) is 18.2 Å². The number of hydrogen-bond acceptors (Lipinski definition) is 4. The van der Waals surface area contributed by atoms with E-state index < -0.39 is 15.9 Å². The first-order chi connectivity index (χ1) is 9.40. The summed E-state index contributed by atoms with van der Waals surface area (Å²) in [5.74, 6) is -0.626. The summed E-state index contributed by atoms with van der Waals surface area (Å²) in [6.45, 7) is 3.25. The summed E-state index contributed by atoms with van der Waals surface area (Å²) < 4.78 is 27.2. The van der Waals surface area contributed by atoms with E-state index in [1.165, 1.54) is 12.1 Å². The Kier molecular flexibility index (Phi) is 4.42. The topological polar surface area (TPSA) is 101 Å². The van der Waals surface area contributed by atoms with Crippen molar-refractivity contribution in [3.63, 3.8) is 0 Å². The third kappa shape index (κ3) is 3.36. The first-order valence-corrected chi connectivity index (χ1v) is 8.02. The van der Waals surface area contributed by atoms with Gasteiger partial charge in [0.25, 0.3) is 0 Å². The highest BCUT2D eigenvalue weighted by atomic mass is 32.2. The Balaban J connectivity index is 2.24. The fourth-order valence-corrected chi connectivity index (χ4v) is 3.57. The zero-order valence-corrected chi connectivity index (χ0v) is 12.2. The Morgan fingerprint density at radius 3 is 2.80 bits per heavy atom. The predicted octanol–water partition coefficient (Wildman–Crippen LogP) is 0.124. The fraction of sp³-hybridized carbons (Fsp3) is 0.462. The number of primary amides is 1. The lowest BCUT2D eigenvalue weighted by atomic mass is 10.1. The minimum Gasteiger partial charge on any atom is -0.366 e. The Bertz CT molecular complexity index is 607. The molecule has 0 radical (unpaired) electrons. The van der Waals surface area contributed by atoms with Gasteiger partial charge in [-0.05, 0) is 44.0 Å². The van der Waals surface area contributed by atoms with Crippen LogP contribution < -0.4 is 15.8 Å². The molecule has 0 saturated carbocycles. The van der Waals surface area contributed by atoms with Crippen LogP contribution in [-0.4, -0.2) is 33.5 Å². The van der Waals surface area contributed by atoms with E-state index in [4.69, 9.17) is 5.73 Å². The molecule has 1 aromatic rings. The second-order valence-electron chi connectivity index (χ2n) is 5.01. The molecule has 0 spiro atoms. The number of carbonyl (C=O) groups excluding carboxylic acids is 1. The van der Waals surface area contributed by atoms with Crippen LogP contribution in [0.2, 0.25) is 0 Å². The van der Waals surface area contributed by atoms with Crippen molar-refractivity contribution in [2.45, 2.75) is 30.7 Å². The van der Waals surface area contributed by atoms with Gasteiger partial charge in [-0.25, -0.2) is 13.1 Å². The van der Waals surface area contributed by atoms with Gasteiger partial charge in [0.05, 0.1) is 4.90 Å². The summed E-state index contributed by atoms with van der Waals surface area (Å²) >= 11 is 0. The van der Waals surface area contributed by atoms with Gasteiger partial charge < -0.3 is 11.1 Å². The van der Waals surface area contributed by atoms with Crippen molar-refractivity contribution in [2.24, 2.45) is 5.73 Å². The van der Waals surface area contributed by atoms with Gasteiger partial charge in [0.2, 0.25) is 15.9 Å². The first kappa shape index (κ1) is 15.0. The van der Waals surface area contributed by atoms with Crippen LogP contribution in [0.1, 0.15) is 28.8 Å². The molecule has 1 fully saturated rings. The monoisotopic (exact) mass is 297 g/mol. The smallest absolute Gasteiger partial charge is 0.249 e. The molecule has 110 valence electrons. The summed E-state index contributed by atoms with van der Waals surface area (Å²) in [6.07, 6.45) is 1.74. The third-order valence-electron chi connectivity index (χ3n) is 3.40. The van der Waals surface area contributed by atoms with Crippen LogP contribution in [-0.2, 0) is 10.0 Å². The fourth-order valence-electron chi connectivity index (χ4n) is 2.27. The molecule has 6 nitrogen and oxygen atoms in total. The van der Waals surface area contributed by atoms with E-state index in [1.807, 2.05) is 0 Å². The second kappa shape index (κ2) is 5.90. The zero-order chi connectivity index (χ0) is 14.8. The lowest BCUT2D eigenvalue weighted by Gasteiger charge is -2.23. The number of aryl methyl sites for hydroxylation is 1. The third-order valence-corrected chi connectivity index (χ3v) is 4.92. The molecule has 0 aromatic heterocycles. The van der Waals surface area contributed by atoms with Crippen LogP contribution in [0, 0.1) is 6.92 Å². The molecule has 2 rings (SSSR count). The van der Waals surface area contributed by atoms with Gasteiger partial charge in [-0.15, -0.1) is 0 Å². The van der Waals surface area contributed by atoms with Crippen molar-refractivity contribution in [3.05, 3.63) is 29.3 Å². The Hall–Kier alpha value is -1.44. The molecular formula is C13H19N3O3S. The normalized spacial score (nSPS) is 19.8. The van der Waals surface area contributed by atoms with Crippen molar-refractivity contribution >= 4 is 15.9 Å². The maximum absolute atomic E-state index is 12.3. The number of carbonyl (C=O) groups is 1. The molecule has 7 heteroatoms. The van der Waals surface area contributed by atoms with Crippen molar-refractivity contribution in [1.29, 1.82) is 0 Å². The van der Waals surface area contributed by atoms with Crippen LogP contribution in [0.4, 0.5) is 0 Å². The standard InChI is InChI=1S/C13H19N3O3S/c1-9-4-5-11(7-12(9)13(14)17)20(18,19)16-10-3-2-6-15-8-10/h4-5,7,10,15-16H,2-3,6,8H2,1H3,(H2,14,17). The molecule has 0 aliphatic carbocycles. The first-order valence-electron chi connectivity index (χ1n) is 6.53. The van der Waals surface area contributed by atoms with Gasteiger partial charge in [-0.2, -0.15) is 0 Å². The lowest BCUT2D eigenvalue weighted by molar-refractivity contribution is 0.0999. The number of nitrogens with one attached hydrogen (secondary N) is 2. The molecule has 1 unspecified atom stereocenters. The second-order valence-corrected chi connectivity index (χ2v) is 6.72. The van der Waals surface area contributed by atoms with Gasteiger partial charge >= 0.3 is 0 Å². The predicted molar refractivity (Wildman–Crippen MR) is 75.9 cm³/mol. The van der Waals surface area contributed by atoms with E-state index in [2.05, 4.69) is 10.0 Å². The van der Waals surface area contributed by atoms with Crippen molar-refractivity contribution in [3.8, 4) is 0 Å². The number of hydrogen-bond donors (Lipinski definition) is 3. The van der Waals surface area contributed by atoms with Crippen LogP contribution in [0.5, 0.6) is 0 Å². The molecule has 1 aliphatic heterocycles. The van der Waals surface area contributed by atoms with Crippen molar-refractivity contribution < 1.29 is 13.2 Å². The largest absolute Gasteiger partial charge is 0.366 e. The molecule has 1 saturated heterocycles. The number of nitrogens with two attached hydrogens (primary N) is 1. The molecular weight excluding hydrogens is 278 g/mol. The summed E-state index contributed by atoms with van der Waals surface area (Å²) in [5, 5.41) is 3.15. The van der Waals surface area contributed by atoms with E-state index in [0.717, 1.165) is 19.4 Å². The maximum atomic E-state index is 12.3. The van der Waals surface area contributed by atoms with Crippen molar-refractivity contribution in [1.82, 2.24) is 10.0 Å². The number of sulfonamides is 1. The van der Waals surface area contributed by atoms with E-state index in [1.54, 1.807) is 13.0 Å². The van der Waals surface area contributed by atoms with Gasteiger partial charge in [0.15, 0.2) is 0 Å². The molecule has 1 amide bonds. The zero-order valence-electron chi connectivity index (χ0n) is 11.3. The summed E-state index contributed by atoms with van der Waals surface area (Å²) in [7, 11) is -3.63. The summed E-state index contributed by atoms with van der Waals surface area (Å²) in [6, 6.07) is 4.29. The highest BCUT2D eigenvalue weighted by Gasteiger charge is 2.22. The maximum Gasteiger partial charge on any atom is 0.249 e. The summed E-state index contributed by atoms with van der Waals surface area (Å²) in [5.41, 5.74) is 6.14. The Morgan fingerprint density at radius 2 is 2.20 bits per heavy atom. The average molecular weight is 297 g/mol. The molecule has 1 atom stereocenters. The van der Waals surface area contributed by atoms with Crippen LogP contribution in [0.15, 0.2) is 23.1 Å². The van der Waals surface area contributed by atoms with E-state index >= 15 is 0 Å². The van der Waals surface area contributed by atoms with Gasteiger partial charge in [-0.3, -0.25) is 4.79 Å². The van der Waals surface area contributed by atoms with Crippen molar-refractivity contribution in [2.75, 3.05) is 13.1 Å². The van der Waals surface area contributed by atoms with Gasteiger partial charge in [0.1, 0.15) is 0 Å². The Labute approximate surface area is 118 Å². The van der Waals surface area contributed by atoms with E-state index in [9.17, 15) is 13.2 Å². The number of piperidine rings is 1. The minimum atomic E-state index is -3.63. The molecule has 1 aliphatic rings. The molecule has 4 N–H and O–H groups in total. The highest BCUT2D eigenvalue weighted by molar-refractivity contribution is 7.89. The molecule has 1 heterocycles. The molecule has 20 heavy (non-hydrogen) atoms.